The first-order chi connectivity index (χ1) is 8.97. The topological polar surface area (TPSA) is 0 Å². The van der Waals surface area contributed by atoms with Gasteiger partial charge in [0.15, 0.2) is 0 Å². The molecule has 0 atom stereocenters. The smallest absolute Gasteiger partial charge is 0.0177 e. The van der Waals surface area contributed by atoms with Gasteiger partial charge in [-0.25, -0.2) is 0 Å². The molecule has 0 heterocycles. The molecule has 0 saturated heterocycles. The van der Waals surface area contributed by atoms with Crippen LogP contribution in [0.1, 0.15) is 34.6 Å². The van der Waals surface area contributed by atoms with Crippen LogP contribution in [0.2, 0.25) is 0 Å². The summed E-state index contributed by atoms with van der Waals surface area (Å²) in [4.78, 5) is 0. The van der Waals surface area contributed by atoms with Crippen LogP contribution in [0.15, 0.2) is 73.4 Å². The van der Waals surface area contributed by atoms with Gasteiger partial charge in [-0.2, -0.15) is 0 Å². The Labute approximate surface area is 120 Å². The molecule has 19 heavy (non-hydrogen) atoms. The van der Waals surface area contributed by atoms with E-state index in [1.807, 2.05) is 52.8 Å². The molecule has 0 bridgehead atoms. The van der Waals surface area contributed by atoms with Crippen molar-refractivity contribution in [1.29, 1.82) is 0 Å². The molecule has 0 saturated carbocycles. The second-order valence-electron chi connectivity index (χ2n) is 3.39. The quantitative estimate of drug-likeness (QED) is 0.427. The standard InChI is InChI=1S/C13H16.C4H6.C2H6/c1-6-12(4)9-10-13(5)8-7-11(2)3;1-3-4-2;1-2/h6,9-10H,2,5H2,1,3-4H3;3-4H,1-2H2;1-2H3/b10-9-,12-6-;;. The molecule has 0 radical (unpaired) electrons. The molecule has 0 N–H and O–H groups in total. The number of allylic oxidation sites excluding steroid dienone is 8. The van der Waals surface area contributed by atoms with Gasteiger partial charge < -0.3 is 0 Å². The average Bonchev–Trinajstić information content (AvgIpc) is 2.44. The Hall–Kier alpha value is -2.00. The van der Waals surface area contributed by atoms with Crippen molar-refractivity contribution in [2.45, 2.75) is 34.6 Å². The van der Waals surface area contributed by atoms with E-state index in [0.717, 1.165) is 11.1 Å². The van der Waals surface area contributed by atoms with Crippen LogP contribution in [0, 0.1) is 11.8 Å². The van der Waals surface area contributed by atoms with Crippen LogP contribution in [-0.2, 0) is 0 Å². The highest BCUT2D eigenvalue weighted by molar-refractivity contribution is 5.41. The fourth-order valence-corrected chi connectivity index (χ4v) is 0.557. The third kappa shape index (κ3) is 25.9. The van der Waals surface area contributed by atoms with E-state index in [1.54, 1.807) is 12.2 Å². The van der Waals surface area contributed by atoms with Gasteiger partial charge >= 0.3 is 0 Å². The second-order valence-corrected chi connectivity index (χ2v) is 3.39. The highest BCUT2D eigenvalue weighted by Crippen LogP contribution is 1.98. The van der Waals surface area contributed by atoms with Gasteiger partial charge in [-0.1, -0.05) is 81.9 Å². The third-order valence-electron chi connectivity index (χ3n) is 1.61. The Balaban J connectivity index is -0.000000361. The minimum Gasteiger partial charge on any atom is -0.0991 e. The molecule has 0 amide bonds. The summed E-state index contributed by atoms with van der Waals surface area (Å²) in [6, 6.07) is 0. The lowest BCUT2D eigenvalue weighted by atomic mass is 10.2. The van der Waals surface area contributed by atoms with Gasteiger partial charge in [-0.15, -0.1) is 0 Å². The maximum absolute atomic E-state index is 3.80. The van der Waals surface area contributed by atoms with Gasteiger partial charge in [-0.05, 0) is 32.4 Å². The molecular weight excluding hydrogens is 228 g/mol. The molecule has 0 aromatic carbocycles. The fraction of sp³-hybridized carbons (Fsp3) is 0.263. The molecule has 0 spiro atoms. The summed E-state index contributed by atoms with van der Waals surface area (Å²) in [5, 5.41) is 0. The van der Waals surface area contributed by atoms with Crippen molar-refractivity contribution in [2.75, 3.05) is 0 Å². The summed E-state index contributed by atoms with van der Waals surface area (Å²) in [6.07, 6.45) is 9.22. The second kappa shape index (κ2) is 18.4. The molecule has 0 aliphatic heterocycles. The van der Waals surface area contributed by atoms with Gasteiger partial charge in [0.25, 0.3) is 0 Å². The monoisotopic (exact) mass is 256 g/mol. The van der Waals surface area contributed by atoms with Gasteiger partial charge in [0.2, 0.25) is 0 Å². The number of rotatable bonds is 3. The van der Waals surface area contributed by atoms with E-state index in [-0.39, 0.29) is 0 Å². The highest BCUT2D eigenvalue weighted by atomic mass is 13.9. The van der Waals surface area contributed by atoms with Crippen LogP contribution in [-0.4, -0.2) is 0 Å². The fourth-order valence-electron chi connectivity index (χ4n) is 0.557. The SMILES string of the molecule is C=C(C)C#CC(=C)/C=C\C(C)=C/C.C=CC=C.CC. The van der Waals surface area contributed by atoms with Gasteiger partial charge in [-0.3, -0.25) is 0 Å². The lowest BCUT2D eigenvalue weighted by Crippen LogP contribution is -1.71. The average molecular weight is 256 g/mol. The molecule has 0 aliphatic rings. The van der Waals surface area contributed by atoms with Crippen molar-refractivity contribution in [1.82, 2.24) is 0 Å². The summed E-state index contributed by atoms with van der Waals surface area (Å²) in [6.45, 7) is 24.1. The zero-order valence-electron chi connectivity index (χ0n) is 13.2. The molecule has 0 fully saturated rings. The Morgan fingerprint density at radius 3 is 1.68 bits per heavy atom. The van der Waals surface area contributed by atoms with E-state index in [9.17, 15) is 0 Å². The minimum absolute atomic E-state index is 0.809. The predicted octanol–water partition coefficient (Wildman–Crippen LogP) is 6.03. The predicted molar refractivity (Wildman–Crippen MR) is 92.0 cm³/mol. The van der Waals surface area contributed by atoms with Crippen molar-refractivity contribution in [2.24, 2.45) is 0 Å². The molecular formula is C19H28. The lowest BCUT2D eigenvalue weighted by molar-refractivity contribution is 1.47. The van der Waals surface area contributed by atoms with Gasteiger partial charge in [0.05, 0.1) is 0 Å². The molecule has 0 rings (SSSR count). The zero-order chi connectivity index (χ0) is 15.7. The molecule has 104 valence electrons. The normalized spacial score (nSPS) is 8.79. The van der Waals surface area contributed by atoms with Crippen LogP contribution in [0.5, 0.6) is 0 Å². The number of hydrogen-bond acceptors (Lipinski definition) is 0. The van der Waals surface area contributed by atoms with Crippen molar-refractivity contribution in [3.05, 3.63) is 73.4 Å². The molecule has 0 aromatic rings. The number of hydrogen-bond donors (Lipinski definition) is 0. The van der Waals surface area contributed by atoms with E-state index >= 15 is 0 Å². The molecule has 0 nitrogen and oxygen atoms in total. The zero-order valence-corrected chi connectivity index (χ0v) is 13.2. The van der Waals surface area contributed by atoms with Crippen molar-refractivity contribution in [3.63, 3.8) is 0 Å². The van der Waals surface area contributed by atoms with Gasteiger partial charge in [0.1, 0.15) is 0 Å². The molecule has 0 unspecified atom stereocenters. The first kappa shape index (κ1) is 22.2. The summed E-state index contributed by atoms with van der Waals surface area (Å²) in [5.41, 5.74) is 2.87. The summed E-state index contributed by atoms with van der Waals surface area (Å²) in [7, 11) is 0. The van der Waals surface area contributed by atoms with E-state index in [0.29, 0.717) is 0 Å². The summed E-state index contributed by atoms with van der Waals surface area (Å²) < 4.78 is 0. The van der Waals surface area contributed by atoms with E-state index < -0.39 is 0 Å². The van der Waals surface area contributed by atoms with Crippen LogP contribution < -0.4 is 0 Å². The van der Waals surface area contributed by atoms with Crippen molar-refractivity contribution >= 4 is 0 Å². The van der Waals surface area contributed by atoms with E-state index in [1.165, 1.54) is 5.57 Å². The molecule has 0 aliphatic carbocycles. The Kier molecular flexibility index (Phi) is 21.5. The summed E-state index contributed by atoms with van der Waals surface area (Å²) >= 11 is 0. The minimum atomic E-state index is 0.809. The van der Waals surface area contributed by atoms with E-state index in [4.69, 9.17) is 0 Å². The Morgan fingerprint density at radius 2 is 1.37 bits per heavy atom. The molecule has 0 aromatic heterocycles. The Morgan fingerprint density at radius 1 is 0.895 bits per heavy atom. The first-order valence-electron chi connectivity index (χ1n) is 6.38. The Bertz CT molecular complexity index is 383. The van der Waals surface area contributed by atoms with Crippen LogP contribution >= 0.6 is 0 Å². The van der Waals surface area contributed by atoms with Crippen LogP contribution in [0.25, 0.3) is 0 Å². The first-order valence-corrected chi connectivity index (χ1v) is 6.38. The summed E-state index contributed by atoms with van der Waals surface area (Å²) in [5.74, 6) is 5.78. The maximum atomic E-state index is 3.80. The van der Waals surface area contributed by atoms with E-state index in [2.05, 4.69) is 38.2 Å². The molecule has 0 heteroatoms. The van der Waals surface area contributed by atoms with Crippen molar-refractivity contribution in [3.8, 4) is 11.8 Å². The third-order valence-corrected chi connectivity index (χ3v) is 1.61. The highest BCUT2D eigenvalue weighted by Gasteiger charge is 1.80. The van der Waals surface area contributed by atoms with Crippen molar-refractivity contribution < 1.29 is 0 Å². The lowest BCUT2D eigenvalue weighted by Gasteiger charge is -1.88. The van der Waals surface area contributed by atoms with Crippen LogP contribution in [0.4, 0.5) is 0 Å². The van der Waals surface area contributed by atoms with Gasteiger partial charge in [0, 0.05) is 5.57 Å². The maximum Gasteiger partial charge on any atom is 0.0177 e. The van der Waals surface area contributed by atoms with Crippen LogP contribution in [0.3, 0.4) is 0 Å². The largest absolute Gasteiger partial charge is 0.0991 e.